The highest BCUT2D eigenvalue weighted by Crippen LogP contribution is 2.46. The maximum atomic E-state index is 12.8. The first kappa shape index (κ1) is 21.9. The summed E-state index contributed by atoms with van der Waals surface area (Å²) in [4.78, 5) is 19.8. The molecule has 34 heavy (non-hydrogen) atoms. The molecule has 0 atom stereocenters. The Morgan fingerprint density at radius 1 is 1.24 bits per heavy atom. The molecule has 3 aliphatic rings. The quantitative estimate of drug-likeness (QED) is 0.573. The smallest absolute Gasteiger partial charge is 0.235 e. The van der Waals surface area contributed by atoms with Crippen molar-refractivity contribution in [3.05, 3.63) is 53.3 Å². The van der Waals surface area contributed by atoms with E-state index in [1.807, 2.05) is 31.2 Å². The molecular formula is C26H29ClN4O3. The number of nitrogens with zero attached hydrogens (tertiary/aromatic N) is 3. The third-order valence-corrected chi connectivity index (χ3v) is 8.07. The number of pyridine rings is 1. The number of hydrogen-bond acceptors (Lipinski definition) is 5. The number of rotatable bonds is 5. The molecule has 4 heterocycles. The lowest BCUT2D eigenvalue weighted by Gasteiger charge is -2.41. The van der Waals surface area contributed by atoms with Crippen LogP contribution in [-0.2, 0) is 10.2 Å². The fourth-order valence-electron chi connectivity index (χ4n) is 5.88. The van der Waals surface area contributed by atoms with Gasteiger partial charge in [-0.05, 0) is 81.6 Å². The first-order valence-corrected chi connectivity index (χ1v) is 12.4. The summed E-state index contributed by atoms with van der Waals surface area (Å²) < 4.78 is 8.18. The molecule has 2 aromatic heterocycles. The Labute approximate surface area is 203 Å². The van der Waals surface area contributed by atoms with Gasteiger partial charge in [-0.2, -0.15) is 0 Å². The van der Waals surface area contributed by atoms with Crippen LogP contribution < -0.4 is 10.1 Å². The summed E-state index contributed by atoms with van der Waals surface area (Å²) in [6.45, 7) is 4.94. The van der Waals surface area contributed by atoms with Gasteiger partial charge in [0, 0.05) is 34.9 Å². The largest absolute Gasteiger partial charge is 0.491 e. The molecule has 2 fully saturated rings. The van der Waals surface area contributed by atoms with Gasteiger partial charge in [-0.3, -0.25) is 9.69 Å². The lowest BCUT2D eigenvalue weighted by molar-refractivity contribution is -0.122. The van der Waals surface area contributed by atoms with E-state index in [1.54, 1.807) is 6.20 Å². The van der Waals surface area contributed by atoms with Crippen LogP contribution in [0.25, 0.3) is 11.0 Å². The molecule has 0 unspecified atom stereocenters. The molecule has 2 N–H and O–H groups in total. The average molecular weight is 481 g/mol. The zero-order valence-corrected chi connectivity index (χ0v) is 20.0. The van der Waals surface area contributed by atoms with Gasteiger partial charge in [0.15, 0.2) is 0 Å². The van der Waals surface area contributed by atoms with Gasteiger partial charge < -0.3 is 19.7 Å². The monoisotopic (exact) mass is 480 g/mol. The minimum absolute atomic E-state index is 0.0949. The van der Waals surface area contributed by atoms with E-state index in [4.69, 9.17) is 16.3 Å². The molecule has 7 nitrogen and oxygen atoms in total. The molecule has 8 heteroatoms. The van der Waals surface area contributed by atoms with Gasteiger partial charge >= 0.3 is 0 Å². The fraction of sp³-hybridized carbons (Fsp3) is 0.462. The Morgan fingerprint density at radius 3 is 2.79 bits per heavy atom. The normalized spacial score (nSPS) is 25.9. The number of likely N-dealkylation sites (tertiary alicyclic amines) is 1. The highest BCUT2D eigenvalue weighted by atomic mass is 35.5. The van der Waals surface area contributed by atoms with Crippen LogP contribution in [-0.4, -0.2) is 57.3 Å². The molecule has 1 amide bonds. The van der Waals surface area contributed by atoms with E-state index in [0.717, 1.165) is 73.4 Å². The van der Waals surface area contributed by atoms with Gasteiger partial charge in [0.25, 0.3) is 0 Å². The molecule has 1 aromatic carbocycles. The van der Waals surface area contributed by atoms with E-state index >= 15 is 0 Å². The number of aliphatic hydroxyl groups is 1. The number of hydrogen-bond donors (Lipinski definition) is 2. The molecule has 1 spiro atoms. The Hall–Kier alpha value is -2.61. The van der Waals surface area contributed by atoms with Gasteiger partial charge in [-0.1, -0.05) is 11.6 Å². The number of carbonyl (C=O) groups excluding carboxylic acids is 1. The zero-order chi connectivity index (χ0) is 23.5. The highest BCUT2D eigenvalue weighted by molar-refractivity contribution is 6.31. The second-order valence-corrected chi connectivity index (χ2v) is 10.7. The number of aromatic nitrogens is 2. The Bertz CT molecular complexity index is 1250. The van der Waals surface area contributed by atoms with Crippen molar-refractivity contribution in [1.82, 2.24) is 14.5 Å². The molecule has 1 aliphatic carbocycles. The number of anilines is 1. The lowest BCUT2D eigenvalue weighted by Crippen LogP contribution is -2.47. The van der Waals surface area contributed by atoms with E-state index in [9.17, 15) is 9.90 Å². The molecule has 0 radical (unpaired) electrons. The third-order valence-electron chi connectivity index (χ3n) is 7.84. The fourth-order valence-corrected chi connectivity index (χ4v) is 6.05. The zero-order valence-electron chi connectivity index (χ0n) is 19.3. The molecule has 0 bridgehead atoms. The van der Waals surface area contributed by atoms with E-state index in [0.29, 0.717) is 17.7 Å². The number of fused-ring (bicyclic) bond motifs is 3. The number of ether oxygens (including phenoxy) is 1. The van der Waals surface area contributed by atoms with Crippen LogP contribution >= 0.6 is 11.6 Å². The number of halogens is 1. The summed E-state index contributed by atoms with van der Waals surface area (Å²) >= 11 is 6.22. The third kappa shape index (κ3) is 3.67. The van der Waals surface area contributed by atoms with Crippen LogP contribution in [0, 0.1) is 0 Å². The van der Waals surface area contributed by atoms with Crippen molar-refractivity contribution in [3.63, 3.8) is 0 Å². The molecule has 1 saturated heterocycles. The molecular weight excluding hydrogens is 452 g/mol. The van der Waals surface area contributed by atoms with Gasteiger partial charge in [0.05, 0.1) is 17.2 Å². The van der Waals surface area contributed by atoms with Crippen molar-refractivity contribution in [2.24, 2.45) is 0 Å². The Kier molecular flexibility index (Phi) is 5.13. The van der Waals surface area contributed by atoms with Crippen molar-refractivity contribution >= 4 is 34.2 Å². The standard InChI is InChI=1S/C26H29ClN4O3/c1-25(33)14-19(15-25)31-7-4-17-12-20(16-28-23(17)31)34-11-10-30-8-5-26(6-9-30)21-13-18(27)2-3-22(21)29-24(26)32/h2-4,7,12-13,16,19,33H,5-6,8-11,14-15H2,1H3,(H,29,32)/t19-,25+. The van der Waals surface area contributed by atoms with Crippen molar-refractivity contribution in [2.75, 3.05) is 31.6 Å². The molecule has 2 aliphatic heterocycles. The summed E-state index contributed by atoms with van der Waals surface area (Å²) in [5.41, 5.74) is 1.84. The molecule has 178 valence electrons. The maximum Gasteiger partial charge on any atom is 0.235 e. The minimum atomic E-state index is -0.559. The maximum absolute atomic E-state index is 12.8. The van der Waals surface area contributed by atoms with Crippen LogP contribution in [0.5, 0.6) is 5.75 Å². The van der Waals surface area contributed by atoms with E-state index < -0.39 is 11.0 Å². The van der Waals surface area contributed by atoms with Crippen molar-refractivity contribution < 1.29 is 14.6 Å². The Balaban J connectivity index is 1.04. The molecule has 3 aromatic rings. The van der Waals surface area contributed by atoms with E-state index in [2.05, 4.69) is 32.0 Å². The molecule has 6 rings (SSSR count). The number of nitrogens with one attached hydrogen (secondary N) is 1. The average Bonchev–Trinajstić information content (AvgIpc) is 3.32. The highest BCUT2D eigenvalue weighted by Gasteiger charge is 2.48. The first-order chi connectivity index (χ1) is 16.3. The van der Waals surface area contributed by atoms with Gasteiger partial charge in [-0.25, -0.2) is 4.98 Å². The van der Waals surface area contributed by atoms with Crippen molar-refractivity contribution in [2.45, 2.75) is 49.7 Å². The second-order valence-electron chi connectivity index (χ2n) is 10.3. The van der Waals surface area contributed by atoms with Gasteiger partial charge in [0.1, 0.15) is 18.0 Å². The number of piperidine rings is 1. The van der Waals surface area contributed by atoms with Crippen LogP contribution in [0.3, 0.4) is 0 Å². The number of benzene rings is 1. The van der Waals surface area contributed by atoms with Crippen molar-refractivity contribution in [1.29, 1.82) is 0 Å². The van der Waals surface area contributed by atoms with E-state index in [-0.39, 0.29) is 5.91 Å². The van der Waals surface area contributed by atoms with E-state index in [1.165, 1.54) is 0 Å². The van der Waals surface area contributed by atoms with Gasteiger partial charge in [-0.15, -0.1) is 0 Å². The lowest BCUT2D eigenvalue weighted by atomic mass is 9.73. The van der Waals surface area contributed by atoms with Crippen LogP contribution in [0.15, 0.2) is 42.7 Å². The predicted octanol–water partition coefficient (Wildman–Crippen LogP) is 4.14. The second kappa shape index (κ2) is 7.97. The van der Waals surface area contributed by atoms with Crippen LogP contribution in [0.2, 0.25) is 5.02 Å². The van der Waals surface area contributed by atoms with Crippen LogP contribution in [0.1, 0.15) is 44.2 Å². The number of amides is 1. The Morgan fingerprint density at radius 2 is 2.03 bits per heavy atom. The summed E-state index contributed by atoms with van der Waals surface area (Å²) in [5, 5.41) is 14.8. The first-order valence-electron chi connectivity index (χ1n) is 12.0. The van der Waals surface area contributed by atoms with Crippen LogP contribution in [0.4, 0.5) is 5.69 Å². The minimum Gasteiger partial charge on any atom is -0.491 e. The summed E-state index contributed by atoms with van der Waals surface area (Å²) in [6.07, 6.45) is 6.91. The summed E-state index contributed by atoms with van der Waals surface area (Å²) in [6, 6.07) is 10.1. The summed E-state index contributed by atoms with van der Waals surface area (Å²) in [5.74, 6) is 0.857. The van der Waals surface area contributed by atoms with Crippen molar-refractivity contribution in [3.8, 4) is 5.75 Å². The SMILES string of the molecule is C[C@]1(O)C[C@@H](n2ccc3cc(OCCN4CCC5(CC4)C(=O)Nc4ccc(Cl)cc45)cnc32)C1. The topological polar surface area (TPSA) is 79.6 Å². The molecule has 1 saturated carbocycles. The van der Waals surface area contributed by atoms with Gasteiger partial charge in [0.2, 0.25) is 5.91 Å². The number of carbonyl (C=O) groups is 1. The predicted molar refractivity (Wildman–Crippen MR) is 132 cm³/mol. The summed E-state index contributed by atoms with van der Waals surface area (Å²) in [7, 11) is 0.